The maximum atomic E-state index is 11.6. The summed E-state index contributed by atoms with van der Waals surface area (Å²) in [5.74, 6) is -0.970. The van der Waals surface area contributed by atoms with Crippen LogP contribution in [-0.4, -0.2) is 37.9 Å². The van der Waals surface area contributed by atoms with E-state index in [0.717, 1.165) is 0 Å². The van der Waals surface area contributed by atoms with Gasteiger partial charge in [-0.05, 0) is 20.3 Å². The Labute approximate surface area is 96.1 Å². The summed E-state index contributed by atoms with van der Waals surface area (Å²) in [7, 11) is 1.50. The first kappa shape index (κ1) is 14.9. The zero-order valence-electron chi connectivity index (χ0n) is 10.4. The summed E-state index contributed by atoms with van der Waals surface area (Å²) in [6, 6.07) is 0. The van der Waals surface area contributed by atoms with E-state index in [9.17, 15) is 9.59 Å². The molecule has 0 aliphatic carbocycles. The summed E-state index contributed by atoms with van der Waals surface area (Å²) >= 11 is 0. The Kier molecular flexibility index (Phi) is 6.72. The molecule has 0 fully saturated rings. The molecule has 0 bridgehead atoms. The first-order valence-corrected chi connectivity index (χ1v) is 5.38. The molecule has 0 saturated heterocycles. The molecule has 1 unspecified atom stereocenters. The van der Waals surface area contributed by atoms with Crippen LogP contribution in [0.15, 0.2) is 0 Å². The van der Waals surface area contributed by atoms with E-state index in [-0.39, 0.29) is 19.6 Å². The number of rotatable bonds is 7. The number of ether oxygens (including phenoxy) is 3. The van der Waals surface area contributed by atoms with Gasteiger partial charge in [-0.2, -0.15) is 0 Å². The molecule has 0 spiro atoms. The van der Waals surface area contributed by atoms with Crippen LogP contribution in [0.4, 0.5) is 0 Å². The first-order chi connectivity index (χ1) is 7.50. The van der Waals surface area contributed by atoms with E-state index in [2.05, 4.69) is 0 Å². The lowest BCUT2D eigenvalue weighted by Gasteiger charge is -2.25. The van der Waals surface area contributed by atoms with E-state index in [1.165, 1.54) is 7.11 Å². The molecule has 0 aliphatic rings. The second-order valence-electron chi connectivity index (χ2n) is 3.52. The lowest BCUT2D eigenvalue weighted by molar-refractivity contribution is -0.181. The van der Waals surface area contributed by atoms with Crippen LogP contribution in [0, 0.1) is 0 Å². The third-order valence-corrected chi connectivity index (χ3v) is 2.23. The summed E-state index contributed by atoms with van der Waals surface area (Å²) in [4.78, 5) is 22.9. The molecule has 0 aromatic heterocycles. The highest BCUT2D eigenvalue weighted by molar-refractivity contribution is 5.83. The van der Waals surface area contributed by atoms with Gasteiger partial charge in [0.2, 0.25) is 5.60 Å². The van der Waals surface area contributed by atoms with Crippen LogP contribution in [0.5, 0.6) is 0 Å². The van der Waals surface area contributed by atoms with Crippen LogP contribution in [-0.2, 0) is 23.8 Å². The molecule has 1 atom stereocenters. The van der Waals surface area contributed by atoms with Gasteiger partial charge in [-0.25, -0.2) is 4.79 Å². The Morgan fingerprint density at radius 2 is 1.88 bits per heavy atom. The fourth-order valence-corrected chi connectivity index (χ4v) is 1.03. The largest absolute Gasteiger partial charge is 0.463 e. The van der Waals surface area contributed by atoms with Crippen LogP contribution in [0.2, 0.25) is 0 Å². The van der Waals surface area contributed by atoms with Crippen molar-refractivity contribution in [3.05, 3.63) is 0 Å². The third kappa shape index (κ3) is 4.61. The van der Waals surface area contributed by atoms with Gasteiger partial charge in [-0.1, -0.05) is 6.92 Å². The van der Waals surface area contributed by atoms with Crippen LogP contribution >= 0.6 is 0 Å². The van der Waals surface area contributed by atoms with E-state index in [0.29, 0.717) is 6.42 Å². The normalized spacial score (nSPS) is 14.0. The van der Waals surface area contributed by atoms with Gasteiger partial charge in [0.25, 0.3) is 0 Å². The van der Waals surface area contributed by atoms with Gasteiger partial charge in [-0.15, -0.1) is 0 Å². The molecule has 0 aliphatic heterocycles. The predicted molar refractivity (Wildman–Crippen MR) is 57.9 cm³/mol. The minimum atomic E-state index is -1.19. The second kappa shape index (κ2) is 7.22. The van der Waals surface area contributed by atoms with E-state index >= 15 is 0 Å². The molecule has 5 heteroatoms. The van der Waals surface area contributed by atoms with Crippen molar-refractivity contribution in [1.29, 1.82) is 0 Å². The summed E-state index contributed by atoms with van der Waals surface area (Å²) < 4.78 is 14.7. The molecule has 0 heterocycles. The van der Waals surface area contributed by atoms with E-state index < -0.39 is 17.5 Å². The Morgan fingerprint density at radius 1 is 1.25 bits per heavy atom. The fraction of sp³-hybridized carbons (Fsp3) is 0.818. The number of methoxy groups -OCH3 is 1. The minimum absolute atomic E-state index is 0.130. The summed E-state index contributed by atoms with van der Waals surface area (Å²) in [6.07, 6.45) is 0.510. The van der Waals surface area contributed by atoms with Crippen molar-refractivity contribution in [2.24, 2.45) is 0 Å². The van der Waals surface area contributed by atoms with Gasteiger partial charge in [0.05, 0.1) is 19.6 Å². The molecule has 0 saturated carbocycles. The first-order valence-electron chi connectivity index (χ1n) is 5.38. The molecule has 0 amide bonds. The van der Waals surface area contributed by atoms with E-state index in [4.69, 9.17) is 14.2 Å². The maximum absolute atomic E-state index is 11.6. The Morgan fingerprint density at radius 3 is 2.31 bits per heavy atom. The smallest absolute Gasteiger partial charge is 0.350 e. The van der Waals surface area contributed by atoms with Crippen molar-refractivity contribution in [2.75, 3.05) is 20.3 Å². The molecule has 5 nitrogen and oxygen atoms in total. The highest BCUT2D eigenvalue weighted by Gasteiger charge is 2.36. The Balaban J connectivity index is 4.35. The van der Waals surface area contributed by atoms with E-state index in [1.54, 1.807) is 20.8 Å². The van der Waals surface area contributed by atoms with Crippen LogP contribution in [0.3, 0.4) is 0 Å². The quantitative estimate of drug-likeness (QED) is 0.619. The molecule has 0 N–H and O–H groups in total. The monoisotopic (exact) mass is 232 g/mol. The van der Waals surface area contributed by atoms with Crippen molar-refractivity contribution in [2.45, 2.75) is 39.2 Å². The van der Waals surface area contributed by atoms with Crippen molar-refractivity contribution in [1.82, 2.24) is 0 Å². The Hall–Kier alpha value is -1.10. The van der Waals surface area contributed by atoms with Crippen molar-refractivity contribution in [3.8, 4) is 0 Å². The van der Waals surface area contributed by atoms with Gasteiger partial charge in [-0.3, -0.25) is 4.79 Å². The number of carbonyl (C=O) groups is 2. The Bertz CT molecular complexity index is 239. The van der Waals surface area contributed by atoms with Crippen molar-refractivity contribution in [3.63, 3.8) is 0 Å². The van der Waals surface area contributed by atoms with Crippen molar-refractivity contribution >= 4 is 11.9 Å². The van der Waals surface area contributed by atoms with Crippen molar-refractivity contribution < 1.29 is 23.8 Å². The number of hydrogen-bond donors (Lipinski definition) is 0. The lowest BCUT2D eigenvalue weighted by Crippen LogP contribution is -2.41. The fourth-order valence-electron chi connectivity index (χ4n) is 1.03. The molecule has 0 aromatic rings. The SMILES string of the molecule is CCOC(=O)C(C)(CC)OC(=O)CCOC. The average molecular weight is 232 g/mol. The van der Waals surface area contributed by atoms with Crippen LogP contribution in [0.1, 0.15) is 33.6 Å². The predicted octanol–water partition coefficient (Wildman–Crippen LogP) is 1.30. The highest BCUT2D eigenvalue weighted by atomic mass is 16.6. The number of carbonyl (C=O) groups excluding carboxylic acids is 2. The highest BCUT2D eigenvalue weighted by Crippen LogP contribution is 2.18. The maximum Gasteiger partial charge on any atom is 0.350 e. The zero-order valence-corrected chi connectivity index (χ0v) is 10.4. The lowest BCUT2D eigenvalue weighted by atomic mass is 10.0. The van der Waals surface area contributed by atoms with Gasteiger partial charge < -0.3 is 14.2 Å². The topological polar surface area (TPSA) is 61.8 Å². The van der Waals surface area contributed by atoms with Gasteiger partial charge >= 0.3 is 11.9 Å². The molecule has 0 radical (unpaired) electrons. The molecule has 0 aromatic carbocycles. The molecule has 94 valence electrons. The van der Waals surface area contributed by atoms with Gasteiger partial charge in [0.1, 0.15) is 0 Å². The zero-order chi connectivity index (χ0) is 12.6. The number of hydrogen-bond acceptors (Lipinski definition) is 5. The molecular formula is C11H20O5. The summed E-state index contributed by atoms with van der Waals surface area (Å²) in [5, 5.41) is 0. The average Bonchev–Trinajstić information content (AvgIpc) is 2.26. The van der Waals surface area contributed by atoms with E-state index in [1.807, 2.05) is 0 Å². The summed E-state index contributed by atoms with van der Waals surface area (Å²) in [5.41, 5.74) is -1.19. The standard InChI is InChI=1S/C11H20O5/c1-5-11(3,10(13)15-6-2)16-9(12)7-8-14-4/h5-8H2,1-4H3. The third-order valence-electron chi connectivity index (χ3n) is 2.23. The second-order valence-corrected chi connectivity index (χ2v) is 3.52. The van der Waals surface area contributed by atoms with Gasteiger partial charge in [0, 0.05) is 7.11 Å². The molecule has 16 heavy (non-hydrogen) atoms. The van der Waals surface area contributed by atoms with Crippen LogP contribution in [0.25, 0.3) is 0 Å². The summed E-state index contributed by atoms with van der Waals surface area (Å²) in [6.45, 7) is 5.57. The van der Waals surface area contributed by atoms with Crippen LogP contribution < -0.4 is 0 Å². The van der Waals surface area contributed by atoms with Gasteiger partial charge in [0.15, 0.2) is 0 Å². The minimum Gasteiger partial charge on any atom is -0.463 e. The number of esters is 2. The molecule has 0 rings (SSSR count). The molecular weight excluding hydrogens is 212 g/mol.